The van der Waals surface area contributed by atoms with Crippen LogP contribution in [0.2, 0.25) is 0 Å². The highest BCUT2D eigenvalue weighted by Crippen LogP contribution is 2.23. The number of thiazole rings is 1. The summed E-state index contributed by atoms with van der Waals surface area (Å²) < 4.78 is 40.2. The van der Waals surface area contributed by atoms with E-state index in [0.29, 0.717) is 13.0 Å². The van der Waals surface area contributed by atoms with Crippen molar-refractivity contribution < 1.29 is 12.8 Å². The Balaban J connectivity index is 1.70. The fourth-order valence-corrected chi connectivity index (χ4v) is 4.30. The first kappa shape index (κ1) is 14.4. The zero-order valence-electron chi connectivity index (χ0n) is 11.1. The summed E-state index contributed by atoms with van der Waals surface area (Å²) in [6.07, 6.45) is 2.43. The maximum Gasteiger partial charge on any atom is 0.240 e. The molecule has 1 fully saturated rings. The number of benzene rings is 1. The first-order valence-electron chi connectivity index (χ1n) is 6.47. The molecule has 1 aromatic heterocycles. The van der Waals surface area contributed by atoms with Crippen LogP contribution in [0.25, 0.3) is 0 Å². The summed E-state index contributed by atoms with van der Waals surface area (Å²) in [7, 11) is -3.69. The first-order valence-corrected chi connectivity index (χ1v) is 8.83. The van der Waals surface area contributed by atoms with Crippen molar-refractivity contribution in [3.05, 3.63) is 41.7 Å². The van der Waals surface area contributed by atoms with Crippen LogP contribution in [0.5, 0.6) is 0 Å². The van der Waals surface area contributed by atoms with Crippen LogP contribution in [0.4, 0.5) is 9.52 Å². The Labute approximate surface area is 126 Å². The molecular weight excluding hydrogens is 313 g/mol. The molecular formula is C13H14FN3O2S2. The second-order valence-corrected chi connectivity index (χ2v) is 7.41. The van der Waals surface area contributed by atoms with E-state index in [1.165, 1.54) is 29.5 Å². The third-order valence-corrected chi connectivity index (χ3v) is 5.66. The number of hydrogen-bond donors (Lipinski definition) is 1. The Hall–Kier alpha value is -1.51. The van der Waals surface area contributed by atoms with Crippen molar-refractivity contribution in [2.24, 2.45) is 0 Å². The average Bonchev–Trinajstić information content (AvgIpc) is 3.08. The molecule has 1 unspecified atom stereocenters. The van der Waals surface area contributed by atoms with Crippen molar-refractivity contribution in [3.63, 3.8) is 0 Å². The van der Waals surface area contributed by atoms with Gasteiger partial charge >= 0.3 is 0 Å². The number of nitrogens with one attached hydrogen (secondary N) is 1. The molecule has 8 heteroatoms. The van der Waals surface area contributed by atoms with Crippen molar-refractivity contribution in [2.75, 3.05) is 18.0 Å². The number of anilines is 1. The maximum atomic E-state index is 13.2. The van der Waals surface area contributed by atoms with Crippen molar-refractivity contribution in [2.45, 2.75) is 17.4 Å². The van der Waals surface area contributed by atoms with Crippen LogP contribution in [0.3, 0.4) is 0 Å². The third kappa shape index (κ3) is 3.22. The molecule has 1 aromatic carbocycles. The summed E-state index contributed by atoms with van der Waals surface area (Å²) in [5.41, 5.74) is 0. The van der Waals surface area contributed by atoms with E-state index in [-0.39, 0.29) is 10.9 Å². The molecule has 0 radical (unpaired) electrons. The van der Waals surface area contributed by atoms with Gasteiger partial charge in [-0.05, 0) is 24.6 Å². The second-order valence-electron chi connectivity index (χ2n) is 4.82. The molecule has 0 spiro atoms. The highest BCUT2D eigenvalue weighted by molar-refractivity contribution is 7.89. The molecule has 3 rings (SSSR count). The van der Waals surface area contributed by atoms with Crippen LogP contribution in [-0.4, -0.2) is 32.5 Å². The molecule has 2 heterocycles. The molecule has 0 saturated carbocycles. The Kier molecular flexibility index (Phi) is 3.92. The Morgan fingerprint density at radius 1 is 1.43 bits per heavy atom. The van der Waals surface area contributed by atoms with Gasteiger partial charge in [0, 0.05) is 30.7 Å². The number of halogens is 1. The molecule has 1 aliphatic rings. The second kappa shape index (κ2) is 5.70. The van der Waals surface area contributed by atoms with Crippen LogP contribution < -0.4 is 9.62 Å². The minimum Gasteiger partial charge on any atom is -0.346 e. The summed E-state index contributed by atoms with van der Waals surface area (Å²) in [4.78, 5) is 6.22. The fraction of sp³-hybridized carbons (Fsp3) is 0.308. The topological polar surface area (TPSA) is 62.3 Å². The van der Waals surface area contributed by atoms with Gasteiger partial charge in [-0.1, -0.05) is 6.07 Å². The summed E-state index contributed by atoms with van der Waals surface area (Å²) in [6.45, 7) is 1.33. The van der Waals surface area contributed by atoms with Crippen molar-refractivity contribution in [3.8, 4) is 0 Å². The van der Waals surface area contributed by atoms with E-state index in [1.54, 1.807) is 6.20 Å². The minimum absolute atomic E-state index is 0.0461. The van der Waals surface area contributed by atoms with Gasteiger partial charge in [-0.2, -0.15) is 0 Å². The smallest absolute Gasteiger partial charge is 0.240 e. The molecule has 0 bridgehead atoms. The van der Waals surface area contributed by atoms with Gasteiger partial charge in [-0.25, -0.2) is 22.5 Å². The molecule has 2 aromatic rings. The summed E-state index contributed by atoms with van der Waals surface area (Å²) in [5.74, 6) is -0.561. The summed E-state index contributed by atoms with van der Waals surface area (Å²) in [6, 6.07) is 4.83. The summed E-state index contributed by atoms with van der Waals surface area (Å²) in [5, 5.41) is 2.78. The van der Waals surface area contributed by atoms with Crippen LogP contribution >= 0.6 is 11.3 Å². The van der Waals surface area contributed by atoms with E-state index in [1.807, 2.05) is 10.3 Å². The van der Waals surface area contributed by atoms with Gasteiger partial charge in [0.15, 0.2) is 5.13 Å². The maximum absolute atomic E-state index is 13.2. The lowest BCUT2D eigenvalue weighted by molar-refractivity contribution is 0.559. The average molecular weight is 327 g/mol. The largest absolute Gasteiger partial charge is 0.346 e. The van der Waals surface area contributed by atoms with Gasteiger partial charge in [-0.15, -0.1) is 11.3 Å². The van der Waals surface area contributed by atoms with Crippen molar-refractivity contribution >= 4 is 26.5 Å². The normalized spacial score (nSPS) is 19.1. The highest BCUT2D eigenvalue weighted by Gasteiger charge is 2.28. The molecule has 21 heavy (non-hydrogen) atoms. The molecule has 1 N–H and O–H groups in total. The van der Waals surface area contributed by atoms with E-state index < -0.39 is 15.8 Å². The number of aromatic nitrogens is 1. The fourth-order valence-electron chi connectivity index (χ4n) is 2.32. The quantitative estimate of drug-likeness (QED) is 0.931. The molecule has 112 valence electrons. The molecule has 1 atom stereocenters. The molecule has 0 amide bonds. The number of rotatable bonds is 4. The van der Waals surface area contributed by atoms with Gasteiger partial charge in [0.25, 0.3) is 0 Å². The zero-order valence-corrected chi connectivity index (χ0v) is 12.7. The number of nitrogens with zero attached hydrogens (tertiary/aromatic N) is 2. The monoisotopic (exact) mass is 327 g/mol. The molecule has 0 aliphatic carbocycles. The van der Waals surface area contributed by atoms with E-state index in [9.17, 15) is 12.8 Å². The Morgan fingerprint density at radius 3 is 3.00 bits per heavy atom. The predicted octanol–water partition coefficient (Wildman–Crippen LogP) is 1.84. The van der Waals surface area contributed by atoms with E-state index in [2.05, 4.69) is 9.71 Å². The third-order valence-electron chi connectivity index (χ3n) is 3.31. The van der Waals surface area contributed by atoms with Crippen LogP contribution in [-0.2, 0) is 10.0 Å². The Bertz CT molecular complexity index is 719. The van der Waals surface area contributed by atoms with Gasteiger partial charge in [0.2, 0.25) is 10.0 Å². The lowest BCUT2D eigenvalue weighted by atomic mass is 10.3. The van der Waals surface area contributed by atoms with Crippen LogP contribution in [0.15, 0.2) is 40.7 Å². The van der Waals surface area contributed by atoms with Crippen LogP contribution in [0.1, 0.15) is 6.42 Å². The van der Waals surface area contributed by atoms with E-state index in [0.717, 1.165) is 17.7 Å². The van der Waals surface area contributed by atoms with Gasteiger partial charge in [0.1, 0.15) is 5.82 Å². The van der Waals surface area contributed by atoms with E-state index in [4.69, 9.17) is 0 Å². The first-order chi connectivity index (χ1) is 10.0. The van der Waals surface area contributed by atoms with Crippen molar-refractivity contribution in [1.29, 1.82) is 0 Å². The SMILES string of the molecule is O=S(=O)(NC1CCN(c2nccs2)C1)c1cccc(F)c1. The number of sulfonamides is 1. The number of hydrogen-bond acceptors (Lipinski definition) is 5. The van der Waals surface area contributed by atoms with E-state index >= 15 is 0 Å². The van der Waals surface area contributed by atoms with Gasteiger partial charge in [-0.3, -0.25) is 0 Å². The van der Waals surface area contributed by atoms with Crippen molar-refractivity contribution in [1.82, 2.24) is 9.71 Å². The standard InChI is InChI=1S/C13H14FN3O2S2/c14-10-2-1-3-12(8-10)21(18,19)16-11-4-6-17(9-11)13-15-5-7-20-13/h1-3,5,7-8,11,16H,4,6,9H2. The zero-order chi connectivity index (χ0) is 14.9. The molecule has 5 nitrogen and oxygen atoms in total. The van der Waals surface area contributed by atoms with Gasteiger partial charge in [0.05, 0.1) is 4.90 Å². The lowest BCUT2D eigenvalue weighted by Crippen LogP contribution is -2.37. The predicted molar refractivity (Wildman–Crippen MR) is 79.5 cm³/mol. The molecule has 1 saturated heterocycles. The lowest BCUT2D eigenvalue weighted by Gasteiger charge is -2.16. The Morgan fingerprint density at radius 2 is 2.29 bits per heavy atom. The summed E-state index contributed by atoms with van der Waals surface area (Å²) >= 11 is 1.53. The minimum atomic E-state index is -3.69. The molecule has 1 aliphatic heterocycles. The van der Waals surface area contributed by atoms with Crippen LogP contribution in [0, 0.1) is 5.82 Å². The van der Waals surface area contributed by atoms with Gasteiger partial charge < -0.3 is 4.90 Å². The highest BCUT2D eigenvalue weighted by atomic mass is 32.2.